The van der Waals surface area contributed by atoms with Crippen LogP contribution in [0.3, 0.4) is 0 Å². The minimum absolute atomic E-state index is 0.0482. The number of ether oxygens (including phenoxy) is 1. The molecule has 2 aromatic heterocycles. The molecule has 0 saturated heterocycles. The zero-order valence-electron chi connectivity index (χ0n) is 15.3. The number of carbonyl (C=O) groups is 3. The molecule has 27 heavy (non-hydrogen) atoms. The van der Waals surface area contributed by atoms with Crippen LogP contribution >= 0.6 is 0 Å². The Balaban J connectivity index is 1.48. The molecular formula is C17H22N6O4. The summed E-state index contributed by atoms with van der Waals surface area (Å²) >= 11 is 0. The van der Waals surface area contributed by atoms with Crippen molar-refractivity contribution in [2.75, 3.05) is 6.61 Å². The van der Waals surface area contributed by atoms with Crippen molar-refractivity contribution in [2.45, 2.75) is 45.6 Å². The summed E-state index contributed by atoms with van der Waals surface area (Å²) in [6, 6.07) is 1.18. The number of rotatable bonds is 4. The Bertz CT molecular complexity index is 864. The largest absolute Gasteiger partial charge is 0.450 e. The number of hydrogen-bond acceptors (Lipinski definition) is 7. The Morgan fingerprint density at radius 2 is 2.07 bits per heavy atom. The Hall–Kier alpha value is -3.04. The number of esters is 1. The summed E-state index contributed by atoms with van der Waals surface area (Å²) in [5.41, 5.74) is 0.748. The van der Waals surface area contributed by atoms with Crippen molar-refractivity contribution in [3.8, 4) is 0 Å². The number of imide groups is 1. The third kappa shape index (κ3) is 4.57. The molecule has 0 radical (unpaired) electrons. The van der Waals surface area contributed by atoms with Gasteiger partial charge in [-0.3, -0.25) is 10.1 Å². The molecule has 3 amide bonds. The quantitative estimate of drug-likeness (QED) is 0.764. The van der Waals surface area contributed by atoms with Crippen LogP contribution in [0.15, 0.2) is 12.3 Å². The van der Waals surface area contributed by atoms with E-state index in [4.69, 9.17) is 4.74 Å². The van der Waals surface area contributed by atoms with Crippen LogP contribution in [-0.4, -0.2) is 50.1 Å². The van der Waals surface area contributed by atoms with Crippen molar-refractivity contribution in [3.05, 3.63) is 23.8 Å². The molecule has 10 nitrogen and oxygen atoms in total. The first-order valence-electron chi connectivity index (χ1n) is 8.90. The van der Waals surface area contributed by atoms with Crippen molar-refractivity contribution >= 4 is 23.7 Å². The van der Waals surface area contributed by atoms with Gasteiger partial charge in [0.15, 0.2) is 6.61 Å². The zero-order chi connectivity index (χ0) is 19.4. The lowest BCUT2D eigenvalue weighted by Crippen LogP contribution is -2.48. The van der Waals surface area contributed by atoms with E-state index in [9.17, 15) is 14.4 Å². The lowest BCUT2D eigenvalue weighted by Gasteiger charge is -2.29. The van der Waals surface area contributed by atoms with Crippen LogP contribution in [0.4, 0.5) is 4.79 Å². The van der Waals surface area contributed by atoms with Gasteiger partial charge in [0.05, 0.1) is 0 Å². The van der Waals surface area contributed by atoms with E-state index in [1.165, 1.54) is 4.52 Å². The maximum atomic E-state index is 12.0. The van der Waals surface area contributed by atoms with E-state index in [-0.39, 0.29) is 17.6 Å². The van der Waals surface area contributed by atoms with Gasteiger partial charge < -0.3 is 10.1 Å². The second-order valence-electron chi connectivity index (χ2n) is 6.70. The van der Waals surface area contributed by atoms with Gasteiger partial charge in [0.1, 0.15) is 0 Å². The smallest absolute Gasteiger partial charge is 0.378 e. The number of carbonyl (C=O) groups excluding carboxylic acids is 3. The number of nitrogens with zero attached hydrogens (tertiary/aromatic N) is 4. The lowest BCUT2D eigenvalue weighted by molar-refractivity contribution is -0.123. The maximum absolute atomic E-state index is 12.0. The number of aryl methyl sites for hydroxylation is 1. The first kappa shape index (κ1) is 18.7. The highest BCUT2D eigenvalue weighted by molar-refractivity contribution is 5.96. The Morgan fingerprint density at radius 3 is 2.81 bits per heavy atom. The van der Waals surface area contributed by atoms with Crippen LogP contribution < -0.4 is 10.6 Å². The SMILES string of the molecule is Cc1ccnc2nc(C(=O)OCC(=O)NC(=O)N[C@@H]3CCCC[C@H]3C)nn12. The van der Waals surface area contributed by atoms with Crippen molar-refractivity contribution < 1.29 is 19.1 Å². The summed E-state index contributed by atoms with van der Waals surface area (Å²) in [5.74, 6) is -1.16. The molecule has 0 aliphatic heterocycles. The van der Waals surface area contributed by atoms with Gasteiger partial charge in [-0.25, -0.2) is 19.1 Å². The topological polar surface area (TPSA) is 128 Å². The molecule has 1 saturated carbocycles. The van der Waals surface area contributed by atoms with Gasteiger partial charge in [-0.05, 0) is 31.7 Å². The van der Waals surface area contributed by atoms with E-state index in [0.717, 1.165) is 31.4 Å². The molecule has 1 aliphatic rings. The number of urea groups is 1. The fourth-order valence-corrected chi connectivity index (χ4v) is 3.09. The third-order valence-corrected chi connectivity index (χ3v) is 4.63. The standard InChI is InChI=1S/C17H22N6O4/c1-10-5-3-4-6-12(10)19-17(26)20-13(24)9-27-15(25)14-21-16-18-8-7-11(2)23(16)22-14/h7-8,10,12H,3-6,9H2,1-2H3,(H2,19,20,24,26)/t10-,12-/m1/s1. The number of nitrogens with one attached hydrogen (secondary N) is 2. The lowest BCUT2D eigenvalue weighted by atomic mass is 9.86. The van der Waals surface area contributed by atoms with Crippen LogP contribution in [-0.2, 0) is 9.53 Å². The summed E-state index contributed by atoms with van der Waals surface area (Å²) in [4.78, 5) is 43.7. The number of aromatic nitrogens is 4. The van der Waals surface area contributed by atoms with Gasteiger partial charge in [0, 0.05) is 17.9 Å². The van der Waals surface area contributed by atoms with Gasteiger partial charge in [-0.2, -0.15) is 4.98 Å². The molecule has 1 fully saturated rings. The fourth-order valence-electron chi connectivity index (χ4n) is 3.09. The molecular weight excluding hydrogens is 352 g/mol. The highest BCUT2D eigenvalue weighted by Crippen LogP contribution is 2.23. The average Bonchev–Trinajstić information content (AvgIpc) is 3.07. The van der Waals surface area contributed by atoms with Gasteiger partial charge in [-0.15, -0.1) is 5.10 Å². The number of hydrogen-bond donors (Lipinski definition) is 2. The normalized spacial score (nSPS) is 19.5. The predicted octanol–water partition coefficient (Wildman–Crippen LogP) is 0.994. The van der Waals surface area contributed by atoms with Crippen LogP contribution in [0.2, 0.25) is 0 Å². The van der Waals surface area contributed by atoms with Crippen molar-refractivity contribution in [2.24, 2.45) is 5.92 Å². The molecule has 10 heteroatoms. The van der Waals surface area contributed by atoms with Crippen LogP contribution in [0.1, 0.15) is 48.9 Å². The molecule has 2 heterocycles. The minimum Gasteiger partial charge on any atom is -0.450 e. The van der Waals surface area contributed by atoms with E-state index >= 15 is 0 Å². The molecule has 2 atom stereocenters. The summed E-state index contributed by atoms with van der Waals surface area (Å²) in [6.45, 7) is 3.26. The van der Waals surface area contributed by atoms with E-state index in [0.29, 0.717) is 5.92 Å². The van der Waals surface area contributed by atoms with Crippen molar-refractivity contribution in [1.29, 1.82) is 0 Å². The molecule has 0 aromatic carbocycles. The number of fused-ring (bicyclic) bond motifs is 1. The molecule has 0 bridgehead atoms. The molecule has 0 unspecified atom stereocenters. The Morgan fingerprint density at radius 1 is 1.30 bits per heavy atom. The van der Waals surface area contributed by atoms with Gasteiger partial charge >= 0.3 is 12.0 Å². The Kier molecular flexibility index (Phi) is 5.63. The second-order valence-corrected chi connectivity index (χ2v) is 6.70. The van der Waals surface area contributed by atoms with Crippen molar-refractivity contribution in [3.63, 3.8) is 0 Å². The molecule has 0 spiro atoms. The van der Waals surface area contributed by atoms with Crippen LogP contribution in [0.25, 0.3) is 5.78 Å². The molecule has 2 N–H and O–H groups in total. The first-order valence-corrected chi connectivity index (χ1v) is 8.90. The monoisotopic (exact) mass is 374 g/mol. The highest BCUT2D eigenvalue weighted by Gasteiger charge is 2.24. The summed E-state index contributed by atoms with van der Waals surface area (Å²) in [5, 5.41) is 8.96. The average molecular weight is 374 g/mol. The van der Waals surface area contributed by atoms with Crippen molar-refractivity contribution in [1.82, 2.24) is 30.2 Å². The van der Waals surface area contributed by atoms with E-state index in [2.05, 4.69) is 32.6 Å². The van der Waals surface area contributed by atoms with Gasteiger partial charge in [0.25, 0.3) is 17.5 Å². The summed E-state index contributed by atoms with van der Waals surface area (Å²) in [7, 11) is 0. The number of amides is 3. The zero-order valence-corrected chi connectivity index (χ0v) is 15.3. The molecule has 144 valence electrons. The summed E-state index contributed by atoms with van der Waals surface area (Å²) < 4.78 is 6.27. The molecule has 1 aliphatic carbocycles. The van der Waals surface area contributed by atoms with Gasteiger partial charge in [0.2, 0.25) is 0 Å². The molecule has 3 rings (SSSR count). The van der Waals surface area contributed by atoms with E-state index in [1.807, 2.05) is 0 Å². The first-order chi connectivity index (χ1) is 12.9. The van der Waals surface area contributed by atoms with E-state index < -0.39 is 24.5 Å². The second kappa shape index (κ2) is 8.11. The maximum Gasteiger partial charge on any atom is 0.378 e. The van der Waals surface area contributed by atoms with E-state index in [1.54, 1.807) is 19.2 Å². The highest BCUT2D eigenvalue weighted by atomic mass is 16.5. The fraction of sp³-hybridized carbons (Fsp3) is 0.529. The Labute approximate surface area is 155 Å². The minimum atomic E-state index is -0.864. The molecule has 2 aromatic rings. The third-order valence-electron chi connectivity index (χ3n) is 4.63. The summed E-state index contributed by atoms with van der Waals surface area (Å²) in [6.07, 6.45) is 5.71. The van der Waals surface area contributed by atoms with Gasteiger partial charge in [-0.1, -0.05) is 19.8 Å². The van der Waals surface area contributed by atoms with Crippen LogP contribution in [0, 0.1) is 12.8 Å². The predicted molar refractivity (Wildman–Crippen MR) is 93.9 cm³/mol. The van der Waals surface area contributed by atoms with Crippen LogP contribution in [0.5, 0.6) is 0 Å².